The summed E-state index contributed by atoms with van der Waals surface area (Å²) in [6.45, 7) is 4.95. The quantitative estimate of drug-likeness (QED) is 0.840. The van der Waals surface area contributed by atoms with Crippen molar-refractivity contribution in [2.75, 3.05) is 18.4 Å². The minimum absolute atomic E-state index is 0.0528. The average molecular weight is 395 g/mol. The molecular weight excluding hydrogens is 369 g/mol. The van der Waals surface area contributed by atoms with Crippen LogP contribution in [-0.4, -0.2) is 47.0 Å². The fraction of sp³-hybridized carbons (Fsp3) is 0.391. The molecule has 1 saturated heterocycles. The van der Waals surface area contributed by atoms with E-state index in [0.717, 1.165) is 23.1 Å². The number of hydrogen-bond donors (Lipinski definition) is 1. The predicted molar refractivity (Wildman–Crippen MR) is 111 cm³/mol. The molecule has 0 saturated carbocycles. The molecule has 0 aliphatic carbocycles. The molecule has 2 heterocycles. The van der Waals surface area contributed by atoms with Crippen molar-refractivity contribution in [1.29, 1.82) is 0 Å². The molecule has 2 atom stereocenters. The number of halogens is 1. The number of carbonyl (C=O) groups is 2. The number of nitrogens with one attached hydrogen (secondary N) is 1. The van der Waals surface area contributed by atoms with Gasteiger partial charge in [-0.05, 0) is 54.7 Å². The van der Waals surface area contributed by atoms with Crippen molar-refractivity contribution < 1.29 is 14.0 Å². The third-order valence-electron chi connectivity index (χ3n) is 5.71. The Morgan fingerprint density at radius 3 is 2.48 bits per heavy atom. The third-order valence-corrected chi connectivity index (χ3v) is 5.71. The monoisotopic (exact) mass is 395 g/mol. The number of hydrogen-bond acceptors (Lipinski definition) is 2. The molecular formula is C23H26FN3O2. The van der Waals surface area contributed by atoms with Gasteiger partial charge in [-0.1, -0.05) is 30.3 Å². The maximum Gasteiger partial charge on any atom is 0.322 e. The van der Waals surface area contributed by atoms with Crippen molar-refractivity contribution in [3.05, 3.63) is 64.7 Å². The number of carbonyl (C=O) groups excluding carboxylic acids is 2. The fourth-order valence-corrected chi connectivity index (χ4v) is 4.38. The van der Waals surface area contributed by atoms with Gasteiger partial charge in [-0.3, -0.25) is 4.79 Å². The molecule has 0 bridgehead atoms. The van der Waals surface area contributed by atoms with Crippen LogP contribution in [0.4, 0.5) is 14.9 Å². The minimum atomic E-state index is -1.19. The van der Waals surface area contributed by atoms with Crippen LogP contribution >= 0.6 is 0 Å². The first-order valence-corrected chi connectivity index (χ1v) is 10.1. The van der Waals surface area contributed by atoms with Gasteiger partial charge in [-0.25, -0.2) is 9.18 Å². The molecule has 5 nitrogen and oxygen atoms in total. The van der Waals surface area contributed by atoms with Gasteiger partial charge in [-0.2, -0.15) is 0 Å². The van der Waals surface area contributed by atoms with Gasteiger partial charge in [0, 0.05) is 25.2 Å². The molecule has 0 unspecified atom stereocenters. The topological polar surface area (TPSA) is 52.7 Å². The van der Waals surface area contributed by atoms with Gasteiger partial charge in [0.25, 0.3) is 0 Å². The maximum absolute atomic E-state index is 14.2. The van der Waals surface area contributed by atoms with Crippen LogP contribution in [0.3, 0.4) is 0 Å². The van der Waals surface area contributed by atoms with Crippen LogP contribution in [0.15, 0.2) is 42.5 Å². The number of anilines is 1. The maximum atomic E-state index is 14.2. The van der Waals surface area contributed by atoms with Crippen molar-refractivity contribution in [3.8, 4) is 0 Å². The summed E-state index contributed by atoms with van der Waals surface area (Å²) in [5.41, 5.74) is 5.09. The van der Waals surface area contributed by atoms with Gasteiger partial charge < -0.3 is 15.1 Å². The van der Waals surface area contributed by atoms with E-state index < -0.39 is 18.2 Å². The van der Waals surface area contributed by atoms with E-state index in [2.05, 4.69) is 11.4 Å². The number of amides is 3. The Morgan fingerprint density at radius 2 is 1.76 bits per heavy atom. The fourth-order valence-electron chi connectivity index (χ4n) is 4.38. The highest BCUT2D eigenvalue weighted by molar-refractivity contribution is 5.94. The van der Waals surface area contributed by atoms with E-state index in [1.54, 1.807) is 4.90 Å². The van der Waals surface area contributed by atoms with Crippen molar-refractivity contribution >= 4 is 17.6 Å². The second-order valence-electron chi connectivity index (χ2n) is 8.09. The molecule has 152 valence electrons. The van der Waals surface area contributed by atoms with E-state index >= 15 is 0 Å². The van der Waals surface area contributed by atoms with E-state index in [4.69, 9.17) is 0 Å². The summed E-state index contributed by atoms with van der Waals surface area (Å²) in [6, 6.07) is 12.6. The van der Waals surface area contributed by atoms with Crippen LogP contribution in [-0.2, 0) is 17.8 Å². The summed E-state index contributed by atoms with van der Waals surface area (Å²) in [5.74, 6) is -0.171. The molecule has 0 radical (unpaired) electrons. The average Bonchev–Trinajstić information content (AvgIpc) is 3.08. The smallest absolute Gasteiger partial charge is 0.322 e. The second kappa shape index (κ2) is 7.85. The lowest BCUT2D eigenvalue weighted by atomic mass is 9.99. The van der Waals surface area contributed by atoms with Crippen LogP contribution in [0.2, 0.25) is 0 Å². The Morgan fingerprint density at radius 1 is 1.07 bits per heavy atom. The number of rotatable bonds is 2. The van der Waals surface area contributed by atoms with Crippen LogP contribution < -0.4 is 5.32 Å². The molecule has 2 aromatic carbocycles. The molecule has 2 aliphatic heterocycles. The lowest BCUT2D eigenvalue weighted by Crippen LogP contribution is -2.50. The molecule has 3 amide bonds. The number of fused-ring (bicyclic) bond motifs is 1. The molecule has 0 aromatic heterocycles. The summed E-state index contributed by atoms with van der Waals surface area (Å²) >= 11 is 0. The van der Waals surface area contributed by atoms with Crippen LogP contribution in [0.1, 0.15) is 28.7 Å². The highest BCUT2D eigenvalue weighted by Crippen LogP contribution is 2.26. The van der Waals surface area contributed by atoms with Crippen molar-refractivity contribution in [3.63, 3.8) is 0 Å². The number of nitrogens with zero attached hydrogens (tertiary/aromatic N) is 2. The zero-order valence-corrected chi connectivity index (χ0v) is 16.8. The van der Waals surface area contributed by atoms with Gasteiger partial charge in [0.2, 0.25) is 5.91 Å². The molecule has 1 N–H and O–H groups in total. The Labute approximate surface area is 170 Å². The predicted octanol–water partition coefficient (Wildman–Crippen LogP) is 3.83. The third kappa shape index (κ3) is 4.11. The molecule has 4 rings (SSSR count). The summed E-state index contributed by atoms with van der Waals surface area (Å²) in [7, 11) is 0. The van der Waals surface area contributed by atoms with E-state index in [9.17, 15) is 14.0 Å². The van der Waals surface area contributed by atoms with E-state index in [0.29, 0.717) is 18.8 Å². The molecule has 6 heteroatoms. The van der Waals surface area contributed by atoms with E-state index in [-0.39, 0.29) is 18.9 Å². The van der Waals surface area contributed by atoms with Crippen molar-refractivity contribution in [2.24, 2.45) is 0 Å². The largest absolute Gasteiger partial charge is 0.336 e. The van der Waals surface area contributed by atoms with Gasteiger partial charge in [-0.15, -0.1) is 0 Å². The normalized spacial score (nSPS) is 21.1. The standard InChI is InChI=1S/C23H26FN3O2/c1-15-9-16(2)11-20(10-15)25-23(29)27-14-19(24)12-21(27)22(28)26-8-7-17-5-3-4-6-18(17)13-26/h3-6,9-11,19,21H,7-8,12-14H2,1-2H3,(H,25,29)/t19-,21-/m0/s1. The minimum Gasteiger partial charge on any atom is -0.336 e. The summed E-state index contributed by atoms with van der Waals surface area (Å²) < 4.78 is 14.2. The van der Waals surface area contributed by atoms with Crippen LogP contribution in [0, 0.1) is 13.8 Å². The Hall–Kier alpha value is -2.89. The lowest BCUT2D eigenvalue weighted by molar-refractivity contribution is -0.136. The number of alkyl halides is 1. The number of aryl methyl sites for hydroxylation is 2. The molecule has 29 heavy (non-hydrogen) atoms. The highest BCUT2D eigenvalue weighted by Gasteiger charge is 2.42. The molecule has 2 aromatic rings. The first-order valence-electron chi connectivity index (χ1n) is 10.1. The Balaban J connectivity index is 1.49. The van der Waals surface area contributed by atoms with Gasteiger partial charge >= 0.3 is 6.03 Å². The summed E-state index contributed by atoms with van der Waals surface area (Å²) in [5, 5.41) is 2.84. The van der Waals surface area contributed by atoms with Gasteiger partial charge in [0.15, 0.2) is 0 Å². The summed E-state index contributed by atoms with van der Waals surface area (Å²) in [6.07, 6.45) is -0.356. The Bertz CT molecular complexity index is 925. The van der Waals surface area contributed by atoms with E-state index in [1.165, 1.54) is 10.5 Å². The van der Waals surface area contributed by atoms with Crippen molar-refractivity contribution in [2.45, 2.75) is 45.4 Å². The van der Waals surface area contributed by atoms with Crippen LogP contribution in [0.25, 0.3) is 0 Å². The number of urea groups is 1. The number of likely N-dealkylation sites (tertiary alicyclic amines) is 1. The lowest BCUT2D eigenvalue weighted by Gasteiger charge is -2.33. The zero-order chi connectivity index (χ0) is 20.5. The van der Waals surface area contributed by atoms with E-state index in [1.807, 2.05) is 50.2 Å². The SMILES string of the molecule is Cc1cc(C)cc(NC(=O)N2C[C@@H](F)C[C@H]2C(=O)N2CCc3ccccc3C2)c1. The van der Waals surface area contributed by atoms with Crippen LogP contribution in [0.5, 0.6) is 0 Å². The molecule has 1 fully saturated rings. The molecule has 0 spiro atoms. The van der Waals surface area contributed by atoms with Crippen molar-refractivity contribution in [1.82, 2.24) is 9.80 Å². The molecule has 2 aliphatic rings. The van der Waals surface area contributed by atoms with Gasteiger partial charge in [0.1, 0.15) is 12.2 Å². The first-order chi connectivity index (χ1) is 13.9. The highest BCUT2D eigenvalue weighted by atomic mass is 19.1. The number of benzene rings is 2. The zero-order valence-electron chi connectivity index (χ0n) is 16.8. The second-order valence-corrected chi connectivity index (χ2v) is 8.09. The first kappa shape index (κ1) is 19.4. The Kier molecular flexibility index (Phi) is 5.26. The van der Waals surface area contributed by atoms with Gasteiger partial charge in [0.05, 0.1) is 6.54 Å². The summed E-state index contributed by atoms with van der Waals surface area (Å²) in [4.78, 5) is 29.1.